The molecule has 0 aromatic heterocycles. The Morgan fingerprint density at radius 3 is 2.32 bits per heavy atom. The summed E-state index contributed by atoms with van der Waals surface area (Å²) >= 11 is 0. The number of unbranched alkanes of at least 4 members (excludes halogenated alkanes) is 5. The van der Waals surface area contributed by atoms with Crippen LogP contribution in [0.3, 0.4) is 0 Å². The predicted octanol–water partition coefficient (Wildman–Crippen LogP) is 4.12. The van der Waals surface area contributed by atoms with Crippen molar-refractivity contribution in [3.8, 4) is 0 Å². The Morgan fingerprint density at radius 1 is 1.05 bits per heavy atom. The molecule has 0 amide bonds. The first-order chi connectivity index (χ1) is 9.06. The highest BCUT2D eigenvalue weighted by molar-refractivity contribution is 7.90. The molecule has 0 saturated carbocycles. The molecule has 4 heteroatoms. The summed E-state index contributed by atoms with van der Waals surface area (Å²) in [5, 5.41) is 0. The van der Waals surface area contributed by atoms with Crippen LogP contribution in [0.2, 0.25) is 0 Å². The number of hydrogen-bond acceptors (Lipinski definition) is 2. The van der Waals surface area contributed by atoms with Crippen molar-refractivity contribution in [3.63, 3.8) is 0 Å². The van der Waals surface area contributed by atoms with Gasteiger partial charge in [-0.1, -0.05) is 50.3 Å². The fraction of sp³-hybridized carbons (Fsp3) is 0.533. The van der Waals surface area contributed by atoms with E-state index in [9.17, 15) is 8.42 Å². The van der Waals surface area contributed by atoms with Gasteiger partial charge in [-0.05, 0) is 31.9 Å². The van der Waals surface area contributed by atoms with Gasteiger partial charge in [-0.3, -0.25) is 0 Å². The van der Waals surface area contributed by atoms with Crippen LogP contribution in [0.25, 0.3) is 0 Å². The highest BCUT2D eigenvalue weighted by Crippen LogP contribution is 2.13. The summed E-state index contributed by atoms with van der Waals surface area (Å²) in [6.45, 7) is 4.10. The maximum atomic E-state index is 11.9. The van der Waals surface area contributed by atoms with Crippen molar-refractivity contribution in [1.29, 1.82) is 0 Å². The van der Waals surface area contributed by atoms with Crippen LogP contribution in [-0.2, 0) is 10.0 Å². The minimum Gasteiger partial charge on any atom is -0.199 e. The van der Waals surface area contributed by atoms with Crippen LogP contribution < -0.4 is 0 Å². The summed E-state index contributed by atoms with van der Waals surface area (Å²) in [5.41, 5.74) is 1.04. The molecule has 106 valence electrons. The second kappa shape index (κ2) is 8.10. The molecule has 1 aromatic carbocycles. The lowest BCUT2D eigenvalue weighted by Gasteiger charge is -1.99. The van der Waals surface area contributed by atoms with Gasteiger partial charge >= 0.3 is 0 Å². The lowest BCUT2D eigenvalue weighted by Crippen LogP contribution is -1.97. The third-order valence-electron chi connectivity index (χ3n) is 2.97. The van der Waals surface area contributed by atoms with Crippen molar-refractivity contribution >= 4 is 16.2 Å². The molecule has 3 nitrogen and oxygen atoms in total. The molecule has 0 atom stereocenters. The molecule has 1 rings (SSSR count). The minimum absolute atomic E-state index is 0.264. The predicted molar refractivity (Wildman–Crippen MR) is 80.2 cm³/mol. The van der Waals surface area contributed by atoms with E-state index in [1.54, 1.807) is 24.3 Å². The van der Waals surface area contributed by atoms with Crippen LogP contribution >= 0.6 is 0 Å². The molecule has 0 N–H and O–H groups in total. The average molecular weight is 281 g/mol. The van der Waals surface area contributed by atoms with Gasteiger partial charge in [0.1, 0.15) is 0 Å². The molecule has 0 spiro atoms. The third-order valence-corrected chi connectivity index (χ3v) is 4.26. The Bertz CT molecular complexity index is 489. The number of hydrogen-bond donors (Lipinski definition) is 0. The fourth-order valence-electron chi connectivity index (χ4n) is 1.76. The molecule has 0 fully saturated rings. The summed E-state index contributed by atoms with van der Waals surface area (Å²) in [6.07, 6.45) is 8.09. The van der Waals surface area contributed by atoms with Crippen LogP contribution in [0.1, 0.15) is 51.0 Å². The van der Waals surface area contributed by atoms with Crippen LogP contribution in [0.4, 0.5) is 0 Å². The van der Waals surface area contributed by atoms with Gasteiger partial charge in [0.05, 0.1) is 4.90 Å². The van der Waals surface area contributed by atoms with Crippen LogP contribution in [-0.4, -0.2) is 14.6 Å². The lowest BCUT2D eigenvalue weighted by atomic mass is 10.1. The van der Waals surface area contributed by atoms with Gasteiger partial charge < -0.3 is 0 Å². The lowest BCUT2D eigenvalue weighted by molar-refractivity contribution is 0.598. The first-order valence-electron chi connectivity index (χ1n) is 6.91. The van der Waals surface area contributed by atoms with E-state index in [2.05, 4.69) is 11.3 Å². The Hall–Kier alpha value is -1.16. The highest BCUT2D eigenvalue weighted by atomic mass is 32.2. The molecule has 0 heterocycles. The number of nitrogens with zero attached hydrogens (tertiary/aromatic N) is 1. The summed E-state index contributed by atoms with van der Waals surface area (Å²) < 4.78 is 27.5. The summed E-state index contributed by atoms with van der Waals surface area (Å²) in [6, 6.07) is 6.77. The second-order valence-electron chi connectivity index (χ2n) is 4.78. The van der Waals surface area contributed by atoms with Gasteiger partial charge in [-0.2, -0.15) is 12.8 Å². The van der Waals surface area contributed by atoms with Gasteiger partial charge in [0.15, 0.2) is 0 Å². The molecule has 0 aliphatic rings. The molecule has 0 radical (unpaired) electrons. The smallest absolute Gasteiger partial charge is 0.199 e. The van der Waals surface area contributed by atoms with Gasteiger partial charge in [0, 0.05) is 6.21 Å². The van der Waals surface area contributed by atoms with Gasteiger partial charge in [-0.25, -0.2) is 0 Å². The van der Waals surface area contributed by atoms with E-state index in [0.717, 1.165) is 24.8 Å². The van der Waals surface area contributed by atoms with E-state index in [-0.39, 0.29) is 4.90 Å². The van der Waals surface area contributed by atoms with Crippen molar-refractivity contribution in [3.05, 3.63) is 29.8 Å². The molecule has 0 aliphatic heterocycles. The average Bonchev–Trinajstić information content (AvgIpc) is 2.38. The zero-order valence-corrected chi connectivity index (χ0v) is 12.6. The van der Waals surface area contributed by atoms with E-state index >= 15 is 0 Å². The Balaban J connectivity index is 2.44. The van der Waals surface area contributed by atoms with Gasteiger partial charge in [-0.15, -0.1) is 0 Å². The number of aryl methyl sites for hydroxylation is 1. The topological polar surface area (TPSA) is 46.5 Å². The van der Waals surface area contributed by atoms with Crippen LogP contribution in [0.5, 0.6) is 0 Å². The molecular formula is C15H23NO2S. The third kappa shape index (κ3) is 6.01. The van der Waals surface area contributed by atoms with Crippen molar-refractivity contribution in [2.45, 2.75) is 57.3 Å². The number of rotatable bonds is 8. The first-order valence-corrected chi connectivity index (χ1v) is 8.36. The fourth-order valence-corrected chi connectivity index (χ4v) is 2.66. The second-order valence-corrected chi connectivity index (χ2v) is 6.41. The molecule has 0 aliphatic carbocycles. The van der Waals surface area contributed by atoms with Crippen molar-refractivity contribution < 1.29 is 8.42 Å². The molecule has 0 saturated heterocycles. The van der Waals surface area contributed by atoms with Gasteiger partial charge in [0.2, 0.25) is 0 Å². The maximum Gasteiger partial charge on any atom is 0.281 e. The summed E-state index contributed by atoms with van der Waals surface area (Å²) in [4.78, 5) is 0.264. The van der Waals surface area contributed by atoms with E-state index in [1.807, 2.05) is 6.92 Å². The van der Waals surface area contributed by atoms with E-state index in [4.69, 9.17) is 0 Å². The van der Waals surface area contributed by atoms with Crippen molar-refractivity contribution in [2.75, 3.05) is 0 Å². The molecule has 0 unspecified atom stereocenters. The quantitative estimate of drug-likeness (QED) is 0.531. The Labute approximate surface area is 116 Å². The Morgan fingerprint density at radius 2 is 1.68 bits per heavy atom. The van der Waals surface area contributed by atoms with E-state index in [1.165, 1.54) is 25.5 Å². The largest absolute Gasteiger partial charge is 0.281 e. The van der Waals surface area contributed by atoms with Gasteiger partial charge in [0.25, 0.3) is 10.0 Å². The molecule has 0 bridgehead atoms. The highest BCUT2D eigenvalue weighted by Gasteiger charge is 2.10. The van der Waals surface area contributed by atoms with Crippen LogP contribution in [0, 0.1) is 6.92 Å². The first kappa shape index (κ1) is 15.9. The zero-order chi connectivity index (χ0) is 14.1. The standard InChI is InChI=1S/C15H23NO2S/c1-3-4-5-6-7-8-13-16-19(17,18)15-11-9-14(2)10-12-15/h9-13H,3-8H2,1-2H3/b16-13+. The normalized spacial score (nSPS) is 12.1. The SMILES string of the molecule is CCCCCCC/C=N/S(=O)(=O)c1ccc(C)cc1. The molecule has 1 aromatic rings. The zero-order valence-electron chi connectivity index (χ0n) is 11.8. The van der Waals surface area contributed by atoms with Crippen molar-refractivity contribution in [1.82, 2.24) is 0 Å². The number of sulfonamides is 1. The molecule has 19 heavy (non-hydrogen) atoms. The maximum absolute atomic E-state index is 11.9. The minimum atomic E-state index is -3.51. The Kier molecular flexibility index (Phi) is 6.78. The summed E-state index contributed by atoms with van der Waals surface area (Å²) in [7, 11) is -3.51. The van der Waals surface area contributed by atoms with E-state index in [0.29, 0.717) is 0 Å². The summed E-state index contributed by atoms with van der Waals surface area (Å²) in [5.74, 6) is 0. The van der Waals surface area contributed by atoms with Crippen LogP contribution in [0.15, 0.2) is 33.6 Å². The number of benzene rings is 1. The molecular weight excluding hydrogens is 258 g/mol. The monoisotopic (exact) mass is 281 g/mol. The van der Waals surface area contributed by atoms with E-state index < -0.39 is 10.0 Å². The van der Waals surface area contributed by atoms with Crippen molar-refractivity contribution in [2.24, 2.45) is 4.40 Å².